The number of benzene rings is 1. The molecule has 0 radical (unpaired) electrons. The Morgan fingerprint density at radius 2 is 1.84 bits per heavy atom. The van der Waals surface area contributed by atoms with Crippen molar-refractivity contribution in [2.24, 2.45) is 5.92 Å². The van der Waals surface area contributed by atoms with Crippen LogP contribution in [0.3, 0.4) is 0 Å². The minimum Gasteiger partial charge on any atom is -0.493 e. The standard InChI is InChI=1S/C19H29NO4.ClH/c1-3-23-19(21)16-10-13-20(14-11-16)12-6-7-15-24-18-9-5-4-8-17(18)22-2;/h4-5,8-9,16H,3,6-7,10-15H2,1-2H3;1H. The van der Waals surface area contributed by atoms with E-state index in [4.69, 9.17) is 14.2 Å². The molecule has 6 heteroatoms. The van der Waals surface area contributed by atoms with E-state index in [1.54, 1.807) is 7.11 Å². The van der Waals surface area contributed by atoms with Crippen molar-refractivity contribution in [2.45, 2.75) is 32.6 Å². The lowest BCUT2D eigenvalue weighted by molar-refractivity contribution is -0.149. The van der Waals surface area contributed by atoms with E-state index in [1.807, 2.05) is 31.2 Å². The van der Waals surface area contributed by atoms with Crippen LogP contribution in [-0.2, 0) is 9.53 Å². The molecule has 142 valence electrons. The molecule has 1 fully saturated rings. The number of rotatable bonds is 9. The zero-order valence-corrected chi connectivity index (χ0v) is 16.1. The van der Waals surface area contributed by atoms with Crippen molar-refractivity contribution in [1.29, 1.82) is 0 Å². The van der Waals surface area contributed by atoms with Crippen LogP contribution >= 0.6 is 12.4 Å². The van der Waals surface area contributed by atoms with E-state index in [-0.39, 0.29) is 24.3 Å². The summed E-state index contributed by atoms with van der Waals surface area (Å²) in [6.07, 6.45) is 3.93. The first-order chi connectivity index (χ1) is 11.7. The molecule has 0 atom stereocenters. The number of unbranched alkanes of at least 4 members (excludes halogenated alkanes) is 1. The summed E-state index contributed by atoms with van der Waals surface area (Å²) in [6.45, 7) is 6.06. The molecule has 0 aliphatic carbocycles. The van der Waals surface area contributed by atoms with Crippen LogP contribution in [0, 0.1) is 5.92 Å². The number of hydrogen-bond donors (Lipinski definition) is 0. The van der Waals surface area contributed by atoms with Crippen LogP contribution < -0.4 is 9.47 Å². The van der Waals surface area contributed by atoms with Gasteiger partial charge in [0, 0.05) is 0 Å². The van der Waals surface area contributed by atoms with Gasteiger partial charge in [0.1, 0.15) is 0 Å². The number of ether oxygens (including phenoxy) is 3. The molecule has 2 rings (SSSR count). The molecule has 0 aromatic heterocycles. The number of piperidine rings is 1. The van der Waals surface area contributed by atoms with E-state index in [9.17, 15) is 4.79 Å². The molecule has 0 amide bonds. The summed E-state index contributed by atoms with van der Waals surface area (Å²) < 4.78 is 16.2. The summed E-state index contributed by atoms with van der Waals surface area (Å²) in [5.41, 5.74) is 0. The number of halogens is 1. The molecule has 0 bridgehead atoms. The average molecular weight is 372 g/mol. The van der Waals surface area contributed by atoms with Gasteiger partial charge in [-0.2, -0.15) is 0 Å². The van der Waals surface area contributed by atoms with Crippen LogP contribution in [0.4, 0.5) is 0 Å². The third-order valence-corrected chi connectivity index (χ3v) is 4.40. The number of hydrogen-bond acceptors (Lipinski definition) is 5. The van der Waals surface area contributed by atoms with Gasteiger partial charge in [-0.1, -0.05) is 12.1 Å². The second-order valence-electron chi connectivity index (χ2n) is 6.07. The van der Waals surface area contributed by atoms with Crippen molar-refractivity contribution in [3.8, 4) is 11.5 Å². The Hall–Kier alpha value is -1.46. The summed E-state index contributed by atoms with van der Waals surface area (Å²) in [6, 6.07) is 7.72. The summed E-state index contributed by atoms with van der Waals surface area (Å²) in [5.74, 6) is 1.64. The fourth-order valence-electron chi connectivity index (χ4n) is 3.01. The maximum atomic E-state index is 11.7. The number of nitrogens with zero attached hydrogens (tertiary/aromatic N) is 1. The van der Waals surface area contributed by atoms with Crippen LogP contribution in [0.25, 0.3) is 0 Å². The highest BCUT2D eigenvalue weighted by atomic mass is 35.5. The Balaban J connectivity index is 0.00000312. The van der Waals surface area contributed by atoms with Crippen molar-refractivity contribution in [2.75, 3.05) is 40.0 Å². The fourth-order valence-corrected chi connectivity index (χ4v) is 3.01. The predicted octanol–water partition coefficient (Wildman–Crippen LogP) is 3.55. The largest absolute Gasteiger partial charge is 0.493 e. The number of para-hydroxylation sites is 2. The molecule has 1 aromatic carbocycles. The smallest absolute Gasteiger partial charge is 0.309 e. The maximum absolute atomic E-state index is 11.7. The van der Waals surface area contributed by atoms with E-state index in [2.05, 4.69) is 4.90 Å². The maximum Gasteiger partial charge on any atom is 0.309 e. The van der Waals surface area contributed by atoms with Crippen molar-refractivity contribution >= 4 is 18.4 Å². The SMILES string of the molecule is CCOC(=O)C1CCN(CCCCOc2ccccc2OC)CC1.Cl. The number of carbonyl (C=O) groups excluding carboxylic acids is 1. The van der Waals surface area contributed by atoms with Gasteiger partial charge in [0.15, 0.2) is 11.5 Å². The van der Waals surface area contributed by atoms with Crippen LogP contribution in [0.15, 0.2) is 24.3 Å². The van der Waals surface area contributed by atoms with Crippen molar-refractivity contribution < 1.29 is 19.0 Å². The monoisotopic (exact) mass is 371 g/mol. The first-order valence-electron chi connectivity index (χ1n) is 8.89. The van der Waals surface area contributed by atoms with E-state index >= 15 is 0 Å². The van der Waals surface area contributed by atoms with Crippen molar-refractivity contribution in [3.63, 3.8) is 0 Å². The Morgan fingerprint density at radius 1 is 1.16 bits per heavy atom. The molecule has 0 unspecified atom stereocenters. The number of esters is 1. The van der Waals surface area contributed by atoms with Gasteiger partial charge >= 0.3 is 5.97 Å². The number of likely N-dealkylation sites (tertiary alicyclic amines) is 1. The molecule has 1 heterocycles. The zero-order chi connectivity index (χ0) is 17.2. The third-order valence-electron chi connectivity index (χ3n) is 4.40. The fraction of sp³-hybridized carbons (Fsp3) is 0.632. The Kier molecular flexibility index (Phi) is 10.3. The average Bonchev–Trinajstić information content (AvgIpc) is 2.62. The lowest BCUT2D eigenvalue weighted by atomic mass is 9.97. The lowest BCUT2D eigenvalue weighted by Gasteiger charge is -2.30. The first kappa shape index (κ1) is 21.6. The Morgan fingerprint density at radius 3 is 2.48 bits per heavy atom. The van der Waals surface area contributed by atoms with Gasteiger partial charge < -0.3 is 19.1 Å². The van der Waals surface area contributed by atoms with E-state index in [0.29, 0.717) is 13.2 Å². The number of carbonyl (C=O) groups is 1. The molecule has 1 aliphatic heterocycles. The molecule has 1 aromatic rings. The molecule has 0 spiro atoms. The normalized spacial score (nSPS) is 15.3. The van der Waals surface area contributed by atoms with Gasteiger partial charge in [-0.25, -0.2) is 0 Å². The number of methoxy groups -OCH3 is 1. The van der Waals surface area contributed by atoms with Crippen LogP contribution in [0.2, 0.25) is 0 Å². The van der Waals surface area contributed by atoms with Crippen LogP contribution in [0.5, 0.6) is 11.5 Å². The van der Waals surface area contributed by atoms with Gasteiger partial charge in [0.2, 0.25) is 0 Å². The molecule has 0 N–H and O–H groups in total. The molecule has 1 aliphatic rings. The van der Waals surface area contributed by atoms with Gasteiger partial charge in [0.05, 0.1) is 26.2 Å². The van der Waals surface area contributed by atoms with E-state index < -0.39 is 0 Å². The van der Waals surface area contributed by atoms with Crippen molar-refractivity contribution in [3.05, 3.63) is 24.3 Å². The molecule has 25 heavy (non-hydrogen) atoms. The molecular formula is C19H30ClNO4. The van der Waals surface area contributed by atoms with E-state index in [1.165, 1.54) is 0 Å². The molecule has 0 saturated carbocycles. The highest BCUT2D eigenvalue weighted by Crippen LogP contribution is 2.26. The summed E-state index contributed by atoms with van der Waals surface area (Å²) in [5, 5.41) is 0. The second-order valence-corrected chi connectivity index (χ2v) is 6.07. The topological polar surface area (TPSA) is 48.0 Å². The summed E-state index contributed by atoms with van der Waals surface area (Å²) in [4.78, 5) is 14.2. The molecular weight excluding hydrogens is 342 g/mol. The lowest BCUT2D eigenvalue weighted by Crippen LogP contribution is -2.37. The van der Waals surface area contributed by atoms with Crippen molar-refractivity contribution in [1.82, 2.24) is 4.90 Å². The Bertz CT molecular complexity index is 504. The van der Waals surface area contributed by atoms with Gasteiger partial charge in [-0.15, -0.1) is 12.4 Å². The Labute approximate surface area is 157 Å². The molecule has 1 saturated heterocycles. The van der Waals surface area contributed by atoms with Gasteiger partial charge in [0.25, 0.3) is 0 Å². The van der Waals surface area contributed by atoms with Gasteiger partial charge in [-0.05, 0) is 64.4 Å². The molecule has 5 nitrogen and oxygen atoms in total. The summed E-state index contributed by atoms with van der Waals surface area (Å²) in [7, 11) is 1.65. The third kappa shape index (κ3) is 7.12. The minimum absolute atomic E-state index is 0. The predicted molar refractivity (Wildman–Crippen MR) is 101 cm³/mol. The quantitative estimate of drug-likeness (QED) is 0.490. The minimum atomic E-state index is -0.0256. The first-order valence-corrected chi connectivity index (χ1v) is 8.89. The van der Waals surface area contributed by atoms with Gasteiger partial charge in [-0.3, -0.25) is 4.79 Å². The second kappa shape index (κ2) is 12.0. The van der Waals surface area contributed by atoms with E-state index in [0.717, 1.165) is 56.8 Å². The van der Waals surface area contributed by atoms with Crippen LogP contribution in [0.1, 0.15) is 32.6 Å². The van der Waals surface area contributed by atoms with Crippen LogP contribution in [-0.4, -0.2) is 50.8 Å². The highest BCUT2D eigenvalue weighted by Gasteiger charge is 2.25. The highest BCUT2D eigenvalue weighted by molar-refractivity contribution is 5.85. The summed E-state index contributed by atoms with van der Waals surface area (Å²) >= 11 is 0. The zero-order valence-electron chi connectivity index (χ0n) is 15.2.